The van der Waals surface area contributed by atoms with Gasteiger partial charge in [-0.25, -0.2) is 4.79 Å². The number of nitrogens with zero attached hydrogens (tertiary/aromatic N) is 2. The monoisotopic (exact) mass is 567 g/mol. The average Bonchev–Trinajstić information content (AvgIpc) is 3.34. The van der Waals surface area contributed by atoms with Crippen LogP contribution in [0.15, 0.2) is 36.4 Å². The van der Waals surface area contributed by atoms with Gasteiger partial charge in [-0.05, 0) is 69.9 Å². The Kier molecular flexibility index (Phi) is 9.11. The highest BCUT2D eigenvalue weighted by Crippen LogP contribution is 2.31. The van der Waals surface area contributed by atoms with Crippen LogP contribution in [-0.2, 0) is 25.5 Å². The molecule has 2 saturated heterocycles. The zero-order chi connectivity index (χ0) is 29.9. The van der Waals surface area contributed by atoms with Crippen molar-refractivity contribution in [1.29, 1.82) is 0 Å². The van der Waals surface area contributed by atoms with E-state index in [9.17, 15) is 14.4 Å². The highest BCUT2D eigenvalue weighted by molar-refractivity contribution is 5.96. The fourth-order valence-electron chi connectivity index (χ4n) is 5.35. The number of fused-ring (bicyclic) bond motifs is 1. The summed E-state index contributed by atoms with van der Waals surface area (Å²) < 4.78 is 22.6. The van der Waals surface area contributed by atoms with Crippen molar-refractivity contribution in [2.45, 2.75) is 71.3 Å². The first-order valence-corrected chi connectivity index (χ1v) is 13.9. The summed E-state index contributed by atoms with van der Waals surface area (Å²) in [5, 5.41) is 2.95. The van der Waals surface area contributed by atoms with E-state index in [1.807, 2.05) is 71.0 Å². The number of aryl methyl sites for hydroxylation is 2. The molecule has 0 saturated carbocycles. The molecular weight excluding hydrogens is 526 g/mol. The van der Waals surface area contributed by atoms with Crippen molar-refractivity contribution < 1.29 is 33.3 Å². The molecule has 2 aliphatic rings. The summed E-state index contributed by atoms with van der Waals surface area (Å²) >= 11 is 0. The molecule has 2 aromatic carbocycles. The van der Waals surface area contributed by atoms with Crippen molar-refractivity contribution in [3.63, 3.8) is 0 Å². The normalized spacial score (nSPS) is 20.5. The van der Waals surface area contributed by atoms with Crippen LogP contribution in [0.3, 0.4) is 0 Å². The van der Waals surface area contributed by atoms with Gasteiger partial charge in [-0.3, -0.25) is 9.59 Å². The lowest BCUT2D eigenvalue weighted by atomic mass is 10.0. The zero-order valence-corrected chi connectivity index (χ0v) is 25.0. The van der Waals surface area contributed by atoms with E-state index >= 15 is 0 Å². The smallest absolute Gasteiger partial charge is 0.410 e. The maximum Gasteiger partial charge on any atom is 0.410 e. The van der Waals surface area contributed by atoms with Crippen molar-refractivity contribution in [2.24, 2.45) is 0 Å². The number of hydrogen-bond donors (Lipinski definition) is 1. The van der Waals surface area contributed by atoms with Crippen LogP contribution in [0.4, 0.5) is 10.5 Å². The second-order valence-electron chi connectivity index (χ2n) is 11.6. The predicted molar refractivity (Wildman–Crippen MR) is 154 cm³/mol. The summed E-state index contributed by atoms with van der Waals surface area (Å²) in [6.45, 7) is 10.2. The fraction of sp³-hybridized carbons (Fsp3) is 0.516. The number of amides is 3. The third kappa shape index (κ3) is 7.11. The molecule has 3 unspecified atom stereocenters. The van der Waals surface area contributed by atoms with Crippen molar-refractivity contribution in [1.82, 2.24) is 9.80 Å². The molecule has 2 aromatic rings. The van der Waals surface area contributed by atoms with Gasteiger partial charge in [0.15, 0.2) is 11.5 Å². The lowest BCUT2D eigenvalue weighted by molar-refractivity contribution is -0.168. The number of carbonyl (C=O) groups excluding carboxylic acids is 3. The number of methoxy groups -OCH3 is 2. The number of likely N-dealkylation sites (tertiary alicyclic amines) is 1. The quantitative estimate of drug-likeness (QED) is 0.512. The van der Waals surface area contributed by atoms with Crippen LogP contribution in [0.2, 0.25) is 0 Å². The number of hydrogen-bond acceptors (Lipinski definition) is 7. The maximum absolute atomic E-state index is 13.8. The third-order valence-electron chi connectivity index (χ3n) is 7.39. The summed E-state index contributed by atoms with van der Waals surface area (Å²) in [5.74, 6) is 0.655. The van der Waals surface area contributed by atoms with Gasteiger partial charge in [0.05, 0.1) is 39.3 Å². The molecule has 1 N–H and O–H groups in total. The van der Waals surface area contributed by atoms with Crippen LogP contribution >= 0.6 is 0 Å². The van der Waals surface area contributed by atoms with E-state index in [2.05, 4.69) is 5.32 Å². The van der Waals surface area contributed by atoms with Gasteiger partial charge in [-0.1, -0.05) is 24.3 Å². The van der Waals surface area contributed by atoms with Crippen LogP contribution < -0.4 is 14.8 Å². The molecule has 0 spiro atoms. The lowest BCUT2D eigenvalue weighted by Gasteiger charge is -2.40. The molecule has 3 amide bonds. The summed E-state index contributed by atoms with van der Waals surface area (Å²) in [6.07, 6.45) is -1.45. The molecule has 10 nitrogen and oxygen atoms in total. The first kappa shape index (κ1) is 30.2. The second kappa shape index (κ2) is 12.4. The Bertz CT molecular complexity index is 1270. The number of carbonyl (C=O) groups is 3. The molecule has 0 radical (unpaired) electrons. The Morgan fingerprint density at radius 3 is 2.34 bits per heavy atom. The van der Waals surface area contributed by atoms with Gasteiger partial charge in [-0.15, -0.1) is 0 Å². The topological polar surface area (TPSA) is 107 Å². The van der Waals surface area contributed by atoms with E-state index in [1.165, 1.54) is 0 Å². The van der Waals surface area contributed by atoms with Crippen molar-refractivity contribution in [3.05, 3.63) is 53.1 Å². The highest BCUT2D eigenvalue weighted by atomic mass is 16.6. The van der Waals surface area contributed by atoms with Crippen LogP contribution in [0.5, 0.6) is 11.5 Å². The molecule has 0 aliphatic carbocycles. The SMILES string of the molecule is COc1ccc(CCN2C(=O)C(CC(=O)Nc3c(C)cccc3C)OC3CN(C(=O)OC(C)(C)C)CC32)cc1OC. The Hall–Kier alpha value is -3.79. The summed E-state index contributed by atoms with van der Waals surface area (Å²) in [6, 6.07) is 11.1. The minimum absolute atomic E-state index is 0.130. The molecule has 0 aromatic heterocycles. The van der Waals surface area contributed by atoms with E-state index in [0.29, 0.717) is 31.0 Å². The van der Waals surface area contributed by atoms with E-state index in [1.54, 1.807) is 24.0 Å². The largest absolute Gasteiger partial charge is 0.493 e. The van der Waals surface area contributed by atoms with Crippen LogP contribution in [0, 0.1) is 13.8 Å². The molecule has 2 aliphatic heterocycles. The van der Waals surface area contributed by atoms with Crippen LogP contribution in [0.1, 0.15) is 43.9 Å². The standard InChI is InChI=1S/C31H41N3O7/c1-19-9-8-10-20(2)28(19)32-27(35)16-25-29(36)34(14-13-21-11-12-23(38-6)24(15-21)39-7)22-17-33(18-26(22)40-25)30(37)41-31(3,4)5/h8-12,15,22,25-26H,13-14,16-18H2,1-7H3,(H,32,35). The van der Waals surface area contributed by atoms with Gasteiger partial charge >= 0.3 is 6.09 Å². The number of para-hydroxylation sites is 1. The van der Waals surface area contributed by atoms with E-state index in [-0.39, 0.29) is 30.8 Å². The summed E-state index contributed by atoms with van der Waals surface area (Å²) in [7, 11) is 3.16. The van der Waals surface area contributed by atoms with E-state index in [4.69, 9.17) is 18.9 Å². The molecule has 3 atom stereocenters. The molecule has 222 valence electrons. The maximum atomic E-state index is 13.8. The number of anilines is 1. The Morgan fingerprint density at radius 1 is 1.02 bits per heavy atom. The Labute approximate surface area is 241 Å². The molecule has 41 heavy (non-hydrogen) atoms. The van der Waals surface area contributed by atoms with Gasteiger partial charge in [0, 0.05) is 18.8 Å². The number of ether oxygens (including phenoxy) is 4. The molecule has 2 heterocycles. The Morgan fingerprint density at radius 2 is 1.71 bits per heavy atom. The molecule has 4 rings (SSSR count). The number of rotatable bonds is 8. The molecule has 2 fully saturated rings. The van der Waals surface area contributed by atoms with E-state index in [0.717, 1.165) is 22.4 Å². The highest BCUT2D eigenvalue weighted by Gasteiger charge is 2.49. The number of morpholine rings is 1. The molecule has 0 bridgehead atoms. The fourth-order valence-corrected chi connectivity index (χ4v) is 5.35. The third-order valence-corrected chi connectivity index (χ3v) is 7.39. The van der Waals surface area contributed by atoms with Crippen molar-refractivity contribution >= 4 is 23.6 Å². The van der Waals surface area contributed by atoms with Gasteiger partial charge in [-0.2, -0.15) is 0 Å². The van der Waals surface area contributed by atoms with Gasteiger partial charge in [0.25, 0.3) is 5.91 Å². The van der Waals surface area contributed by atoms with Crippen molar-refractivity contribution in [2.75, 3.05) is 39.2 Å². The van der Waals surface area contributed by atoms with E-state index < -0.39 is 23.9 Å². The minimum Gasteiger partial charge on any atom is -0.493 e. The molecule has 10 heteroatoms. The predicted octanol–water partition coefficient (Wildman–Crippen LogP) is 4.11. The number of nitrogens with one attached hydrogen (secondary N) is 1. The van der Waals surface area contributed by atoms with Crippen molar-refractivity contribution in [3.8, 4) is 11.5 Å². The van der Waals surface area contributed by atoms with Crippen LogP contribution in [0.25, 0.3) is 0 Å². The lowest BCUT2D eigenvalue weighted by Crippen LogP contribution is -2.59. The van der Waals surface area contributed by atoms with Gasteiger partial charge < -0.3 is 34.1 Å². The minimum atomic E-state index is -0.968. The molecular formula is C31H41N3O7. The second-order valence-corrected chi connectivity index (χ2v) is 11.6. The first-order valence-electron chi connectivity index (χ1n) is 13.9. The van der Waals surface area contributed by atoms with Gasteiger partial charge in [0.1, 0.15) is 11.7 Å². The first-order chi connectivity index (χ1) is 19.4. The average molecular weight is 568 g/mol. The summed E-state index contributed by atoms with van der Waals surface area (Å²) in [4.78, 5) is 43.1. The number of benzene rings is 2. The summed E-state index contributed by atoms with van der Waals surface area (Å²) in [5.41, 5.74) is 2.93. The Balaban J connectivity index is 1.53. The van der Waals surface area contributed by atoms with Crippen LogP contribution in [-0.4, -0.2) is 85.4 Å². The van der Waals surface area contributed by atoms with Gasteiger partial charge in [0.2, 0.25) is 5.91 Å². The zero-order valence-electron chi connectivity index (χ0n) is 25.0.